The fourth-order valence-corrected chi connectivity index (χ4v) is 2.08. The van der Waals surface area contributed by atoms with Crippen LogP contribution in [0.3, 0.4) is 0 Å². The molecular formula is C14H23BrN2O. The quantitative estimate of drug-likeness (QED) is 0.709. The van der Waals surface area contributed by atoms with Crippen molar-refractivity contribution in [2.45, 2.75) is 13.8 Å². The maximum absolute atomic E-state index is 5.64. The molecule has 0 unspecified atom stereocenters. The van der Waals surface area contributed by atoms with Crippen molar-refractivity contribution < 1.29 is 4.74 Å². The first-order valence-corrected chi connectivity index (χ1v) is 7.37. The van der Waals surface area contributed by atoms with Crippen molar-refractivity contribution in [3.63, 3.8) is 0 Å². The van der Waals surface area contributed by atoms with Gasteiger partial charge in [0.15, 0.2) is 0 Å². The fraction of sp³-hybridized carbons (Fsp3) is 0.571. The Morgan fingerprint density at radius 1 is 1.22 bits per heavy atom. The first-order chi connectivity index (χ1) is 8.76. The maximum Gasteiger partial charge on any atom is 0.120 e. The van der Waals surface area contributed by atoms with E-state index < -0.39 is 0 Å². The van der Waals surface area contributed by atoms with Crippen LogP contribution in [0.5, 0.6) is 5.75 Å². The summed E-state index contributed by atoms with van der Waals surface area (Å²) >= 11 is 3.43. The Bertz CT molecular complexity index is 329. The average molecular weight is 315 g/mol. The third kappa shape index (κ3) is 6.38. The summed E-state index contributed by atoms with van der Waals surface area (Å²) in [6, 6.07) is 7.93. The van der Waals surface area contributed by atoms with E-state index in [1.807, 2.05) is 24.3 Å². The molecule has 3 nitrogen and oxygen atoms in total. The van der Waals surface area contributed by atoms with Crippen LogP contribution in [-0.2, 0) is 0 Å². The van der Waals surface area contributed by atoms with E-state index in [9.17, 15) is 0 Å². The number of hydrogen-bond acceptors (Lipinski definition) is 3. The molecule has 102 valence electrons. The lowest BCUT2D eigenvalue weighted by molar-refractivity contribution is 0.285. The topological polar surface area (TPSA) is 24.5 Å². The summed E-state index contributed by atoms with van der Waals surface area (Å²) in [5.74, 6) is 0.912. The smallest absolute Gasteiger partial charge is 0.120 e. The summed E-state index contributed by atoms with van der Waals surface area (Å²) in [5.41, 5.74) is 0. The van der Waals surface area contributed by atoms with Gasteiger partial charge in [-0.2, -0.15) is 0 Å². The lowest BCUT2D eigenvalue weighted by Gasteiger charge is -2.18. The van der Waals surface area contributed by atoms with Gasteiger partial charge in [-0.15, -0.1) is 0 Å². The zero-order valence-corrected chi connectivity index (χ0v) is 12.9. The highest BCUT2D eigenvalue weighted by molar-refractivity contribution is 9.10. The SMILES string of the molecule is CCN(CC)CCNCCOc1cccc(Br)c1. The van der Waals surface area contributed by atoms with Crippen LogP contribution in [0.1, 0.15) is 13.8 Å². The van der Waals surface area contributed by atoms with Crippen LogP contribution in [0.15, 0.2) is 28.7 Å². The van der Waals surface area contributed by atoms with Crippen LogP contribution < -0.4 is 10.1 Å². The van der Waals surface area contributed by atoms with E-state index in [4.69, 9.17) is 4.74 Å². The van der Waals surface area contributed by atoms with Crippen LogP contribution in [0.2, 0.25) is 0 Å². The Labute approximate surface area is 119 Å². The number of ether oxygens (including phenoxy) is 1. The Hall–Kier alpha value is -0.580. The molecule has 1 rings (SSSR count). The normalized spacial score (nSPS) is 10.9. The molecule has 4 heteroatoms. The van der Waals surface area contributed by atoms with Gasteiger partial charge in [-0.05, 0) is 31.3 Å². The van der Waals surface area contributed by atoms with Gasteiger partial charge in [-0.25, -0.2) is 0 Å². The predicted octanol–water partition coefficient (Wildman–Crippen LogP) is 2.76. The van der Waals surface area contributed by atoms with Crippen molar-refractivity contribution in [3.8, 4) is 5.75 Å². The summed E-state index contributed by atoms with van der Waals surface area (Å²) < 4.78 is 6.69. The van der Waals surface area contributed by atoms with Gasteiger partial charge in [0.1, 0.15) is 12.4 Å². The number of rotatable bonds is 9. The number of likely N-dealkylation sites (N-methyl/N-ethyl adjacent to an activating group) is 1. The Morgan fingerprint density at radius 2 is 2.00 bits per heavy atom. The van der Waals surface area contributed by atoms with Crippen molar-refractivity contribution in [2.75, 3.05) is 39.3 Å². The molecule has 0 amide bonds. The minimum Gasteiger partial charge on any atom is -0.492 e. The molecule has 18 heavy (non-hydrogen) atoms. The molecule has 0 aliphatic carbocycles. The Morgan fingerprint density at radius 3 is 2.67 bits per heavy atom. The number of nitrogens with one attached hydrogen (secondary N) is 1. The number of halogens is 1. The summed E-state index contributed by atoms with van der Waals surface area (Å²) in [7, 11) is 0. The second-order valence-electron chi connectivity index (χ2n) is 4.08. The molecule has 0 saturated carbocycles. The van der Waals surface area contributed by atoms with Crippen molar-refractivity contribution in [1.82, 2.24) is 10.2 Å². The molecule has 0 aromatic heterocycles. The molecule has 0 aliphatic rings. The van der Waals surface area contributed by atoms with Crippen LogP contribution >= 0.6 is 15.9 Å². The number of benzene rings is 1. The lowest BCUT2D eigenvalue weighted by Crippen LogP contribution is -2.33. The summed E-state index contributed by atoms with van der Waals surface area (Å²) in [5, 5.41) is 3.39. The molecule has 0 fully saturated rings. The van der Waals surface area contributed by atoms with Gasteiger partial charge in [0.25, 0.3) is 0 Å². The molecule has 1 aromatic carbocycles. The van der Waals surface area contributed by atoms with Gasteiger partial charge in [-0.3, -0.25) is 0 Å². The molecule has 0 spiro atoms. The second kappa shape index (κ2) is 9.36. The minimum atomic E-state index is 0.703. The second-order valence-corrected chi connectivity index (χ2v) is 5.00. The predicted molar refractivity (Wildman–Crippen MR) is 80.3 cm³/mol. The molecule has 0 atom stereocenters. The zero-order chi connectivity index (χ0) is 13.2. The van der Waals surface area contributed by atoms with E-state index in [1.165, 1.54) is 0 Å². The number of nitrogens with zero attached hydrogens (tertiary/aromatic N) is 1. The minimum absolute atomic E-state index is 0.703. The third-order valence-electron chi connectivity index (χ3n) is 2.84. The monoisotopic (exact) mass is 314 g/mol. The molecule has 0 bridgehead atoms. The zero-order valence-electron chi connectivity index (χ0n) is 11.3. The molecular weight excluding hydrogens is 292 g/mol. The molecule has 0 heterocycles. The Kier molecular flexibility index (Phi) is 8.05. The highest BCUT2D eigenvalue weighted by Gasteiger charge is 1.98. The summed E-state index contributed by atoms with van der Waals surface area (Å²) in [4.78, 5) is 2.40. The lowest BCUT2D eigenvalue weighted by atomic mass is 10.3. The van der Waals surface area contributed by atoms with E-state index in [2.05, 4.69) is 40.0 Å². The fourth-order valence-electron chi connectivity index (χ4n) is 1.70. The van der Waals surface area contributed by atoms with Crippen molar-refractivity contribution >= 4 is 15.9 Å². The number of hydrogen-bond donors (Lipinski definition) is 1. The summed E-state index contributed by atoms with van der Waals surface area (Å²) in [6.45, 7) is 10.3. The van der Waals surface area contributed by atoms with Gasteiger partial charge < -0.3 is 15.0 Å². The molecule has 0 aliphatic heterocycles. The van der Waals surface area contributed by atoms with Gasteiger partial charge in [0.2, 0.25) is 0 Å². The van der Waals surface area contributed by atoms with E-state index in [1.54, 1.807) is 0 Å². The van der Waals surface area contributed by atoms with Crippen molar-refractivity contribution in [1.29, 1.82) is 0 Å². The third-order valence-corrected chi connectivity index (χ3v) is 3.34. The average Bonchev–Trinajstić information content (AvgIpc) is 2.38. The van der Waals surface area contributed by atoms with E-state index in [0.29, 0.717) is 6.61 Å². The standard InChI is InChI=1S/C14H23BrN2O/c1-3-17(4-2)10-8-16-9-11-18-14-7-5-6-13(15)12-14/h5-7,12,16H,3-4,8-11H2,1-2H3. The highest BCUT2D eigenvalue weighted by Crippen LogP contribution is 2.17. The first-order valence-electron chi connectivity index (χ1n) is 6.57. The van der Waals surface area contributed by atoms with Crippen molar-refractivity contribution in [3.05, 3.63) is 28.7 Å². The maximum atomic E-state index is 5.64. The largest absolute Gasteiger partial charge is 0.492 e. The van der Waals surface area contributed by atoms with Gasteiger partial charge in [-0.1, -0.05) is 35.8 Å². The van der Waals surface area contributed by atoms with Crippen molar-refractivity contribution in [2.24, 2.45) is 0 Å². The summed E-state index contributed by atoms with van der Waals surface area (Å²) in [6.07, 6.45) is 0. The van der Waals surface area contributed by atoms with Gasteiger partial charge in [0, 0.05) is 24.1 Å². The first kappa shape index (κ1) is 15.5. The van der Waals surface area contributed by atoms with Gasteiger partial charge >= 0.3 is 0 Å². The Balaban J connectivity index is 2.05. The van der Waals surface area contributed by atoms with E-state index in [0.717, 1.165) is 42.9 Å². The molecule has 1 aromatic rings. The van der Waals surface area contributed by atoms with Crippen LogP contribution in [0.4, 0.5) is 0 Å². The highest BCUT2D eigenvalue weighted by atomic mass is 79.9. The van der Waals surface area contributed by atoms with Gasteiger partial charge in [0.05, 0.1) is 0 Å². The van der Waals surface area contributed by atoms with Crippen LogP contribution in [0.25, 0.3) is 0 Å². The molecule has 1 N–H and O–H groups in total. The molecule has 0 saturated heterocycles. The van der Waals surface area contributed by atoms with E-state index >= 15 is 0 Å². The molecule has 0 radical (unpaired) electrons. The van der Waals surface area contributed by atoms with Crippen LogP contribution in [0, 0.1) is 0 Å². The van der Waals surface area contributed by atoms with E-state index in [-0.39, 0.29) is 0 Å². The van der Waals surface area contributed by atoms with Crippen LogP contribution in [-0.4, -0.2) is 44.2 Å².